The van der Waals surface area contributed by atoms with Crippen molar-refractivity contribution < 1.29 is 17.9 Å². The Balaban J connectivity index is 1.82. The number of rotatable bonds is 5. The van der Waals surface area contributed by atoms with Crippen molar-refractivity contribution in [2.45, 2.75) is 25.4 Å². The van der Waals surface area contributed by atoms with E-state index in [-0.39, 0.29) is 12.0 Å². The Labute approximate surface area is 171 Å². The lowest BCUT2D eigenvalue weighted by Gasteiger charge is -2.37. The van der Waals surface area contributed by atoms with Gasteiger partial charge in [-0.2, -0.15) is 0 Å². The van der Waals surface area contributed by atoms with E-state index in [9.17, 15) is 8.42 Å². The molecular formula is C22H26N2O4S. The number of hydrogen-bond donors (Lipinski definition) is 0. The van der Waals surface area contributed by atoms with E-state index < -0.39 is 10.0 Å². The first kappa shape index (κ1) is 19.9. The average molecular weight is 415 g/mol. The summed E-state index contributed by atoms with van der Waals surface area (Å²) in [6, 6.07) is 7.23. The molecule has 154 valence electrons. The topological polar surface area (TPSA) is 69.9 Å². The van der Waals surface area contributed by atoms with Gasteiger partial charge in [-0.1, -0.05) is 12.1 Å². The highest BCUT2D eigenvalue weighted by atomic mass is 32.2. The molecule has 0 bridgehead atoms. The Morgan fingerprint density at radius 1 is 1.24 bits per heavy atom. The maximum absolute atomic E-state index is 13.7. The van der Waals surface area contributed by atoms with Crippen LogP contribution < -0.4 is 4.74 Å². The minimum Gasteiger partial charge on any atom is -0.496 e. The van der Waals surface area contributed by atoms with Gasteiger partial charge in [-0.3, -0.25) is 0 Å². The number of methoxy groups -OCH3 is 2. The molecule has 3 atom stereocenters. The molecule has 1 aromatic carbocycles. The molecule has 0 radical (unpaired) electrons. The highest BCUT2D eigenvalue weighted by Crippen LogP contribution is 2.43. The zero-order chi connectivity index (χ0) is 20.6. The van der Waals surface area contributed by atoms with Crippen LogP contribution in [0, 0.1) is 11.8 Å². The summed E-state index contributed by atoms with van der Waals surface area (Å²) in [5.41, 5.74) is 1.58. The summed E-state index contributed by atoms with van der Waals surface area (Å²) in [4.78, 5) is 4.56. The molecule has 1 heterocycles. The monoisotopic (exact) mass is 414 g/mol. The van der Waals surface area contributed by atoms with Gasteiger partial charge < -0.3 is 14.5 Å². The summed E-state index contributed by atoms with van der Waals surface area (Å²) >= 11 is 0. The minimum atomic E-state index is -3.74. The first-order valence-corrected chi connectivity index (χ1v) is 11.2. The molecule has 1 fully saturated rings. The fourth-order valence-electron chi connectivity index (χ4n) is 4.62. The summed E-state index contributed by atoms with van der Waals surface area (Å²) in [5.74, 6) is 1.05. The van der Waals surface area contributed by atoms with Crippen molar-refractivity contribution in [3.63, 3.8) is 0 Å². The molecule has 2 aromatic rings. The summed E-state index contributed by atoms with van der Waals surface area (Å²) in [7, 11) is 1.30. The maximum atomic E-state index is 13.7. The smallest absolute Gasteiger partial charge is 0.268 e. The molecule has 0 amide bonds. The number of aromatic nitrogens is 1. The van der Waals surface area contributed by atoms with Crippen LogP contribution in [0.15, 0.2) is 58.1 Å². The zero-order valence-corrected chi connectivity index (χ0v) is 17.7. The first-order chi connectivity index (χ1) is 14.0. The fraction of sp³-hybridized carbons (Fsp3) is 0.409. The maximum Gasteiger partial charge on any atom is 0.268 e. The molecule has 1 aromatic heterocycles. The Bertz CT molecular complexity index is 1110. The van der Waals surface area contributed by atoms with Gasteiger partial charge in [-0.05, 0) is 55.0 Å². The molecule has 0 aliphatic heterocycles. The predicted octanol–water partition coefficient (Wildman–Crippen LogP) is 3.78. The Morgan fingerprint density at radius 2 is 2.07 bits per heavy atom. The van der Waals surface area contributed by atoms with Crippen LogP contribution in [-0.4, -0.2) is 46.0 Å². The quantitative estimate of drug-likeness (QED) is 0.698. The largest absolute Gasteiger partial charge is 0.496 e. The van der Waals surface area contributed by atoms with Crippen LogP contribution in [0.1, 0.15) is 19.3 Å². The minimum absolute atomic E-state index is 0.0443. The van der Waals surface area contributed by atoms with Crippen LogP contribution in [0.5, 0.6) is 5.75 Å². The number of hydrogen-bond acceptors (Lipinski definition) is 5. The normalized spacial score (nSPS) is 25.0. The SMILES string of the molecule is CN=CC1CCC2=C(S(=O)(=O)n3ccc4c(OC)cccc43)C=CC(OC)C2C1. The van der Waals surface area contributed by atoms with Crippen molar-refractivity contribution in [3.8, 4) is 5.75 Å². The van der Waals surface area contributed by atoms with Gasteiger partial charge in [0.05, 0.1) is 23.6 Å². The van der Waals surface area contributed by atoms with Crippen molar-refractivity contribution in [1.29, 1.82) is 0 Å². The van der Waals surface area contributed by atoms with Crippen LogP contribution in [0.4, 0.5) is 0 Å². The standard InChI is InChI=1S/C22H26N2O4S/c1-23-14-15-7-8-16-18(13-15)21(28-3)9-10-22(16)29(25,26)24-12-11-17-19(24)5-4-6-20(17)27-2/h4-6,9-12,14-15,18,21H,7-8,13H2,1-3H3. The van der Waals surface area contributed by atoms with Gasteiger partial charge in [0.25, 0.3) is 10.0 Å². The van der Waals surface area contributed by atoms with E-state index >= 15 is 0 Å². The highest BCUT2D eigenvalue weighted by molar-refractivity contribution is 7.94. The van der Waals surface area contributed by atoms with Gasteiger partial charge in [0, 0.05) is 37.9 Å². The molecule has 2 aliphatic rings. The van der Waals surface area contributed by atoms with Gasteiger partial charge in [0.1, 0.15) is 5.75 Å². The molecular weight excluding hydrogens is 388 g/mol. The highest BCUT2D eigenvalue weighted by Gasteiger charge is 2.38. The van der Waals surface area contributed by atoms with Crippen LogP contribution in [-0.2, 0) is 14.8 Å². The third-order valence-electron chi connectivity index (χ3n) is 5.99. The van der Waals surface area contributed by atoms with Crippen molar-refractivity contribution in [1.82, 2.24) is 3.97 Å². The number of benzene rings is 1. The van der Waals surface area contributed by atoms with Gasteiger partial charge in [-0.25, -0.2) is 12.4 Å². The van der Waals surface area contributed by atoms with Gasteiger partial charge in [0.15, 0.2) is 0 Å². The van der Waals surface area contributed by atoms with Gasteiger partial charge >= 0.3 is 0 Å². The van der Waals surface area contributed by atoms with Crippen molar-refractivity contribution >= 4 is 27.1 Å². The molecule has 4 rings (SSSR count). The second-order valence-electron chi connectivity index (χ2n) is 7.51. The molecule has 0 spiro atoms. The third-order valence-corrected chi connectivity index (χ3v) is 7.78. The van der Waals surface area contributed by atoms with Crippen LogP contribution in [0.25, 0.3) is 10.9 Å². The lowest BCUT2D eigenvalue weighted by Crippen LogP contribution is -2.34. The lowest BCUT2D eigenvalue weighted by atomic mass is 9.73. The van der Waals surface area contributed by atoms with Crippen molar-refractivity contribution in [2.24, 2.45) is 16.8 Å². The van der Waals surface area contributed by atoms with Crippen LogP contribution >= 0.6 is 0 Å². The van der Waals surface area contributed by atoms with E-state index in [0.29, 0.717) is 22.1 Å². The third kappa shape index (κ3) is 3.32. The van der Waals surface area contributed by atoms with E-state index in [1.54, 1.807) is 51.7 Å². The Kier molecular flexibility index (Phi) is 5.36. The number of ether oxygens (including phenoxy) is 2. The number of allylic oxidation sites excluding steroid dienone is 1. The van der Waals surface area contributed by atoms with E-state index in [2.05, 4.69) is 4.99 Å². The number of nitrogens with zero attached hydrogens (tertiary/aromatic N) is 2. The van der Waals surface area contributed by atoms with Crippen molar-refractivity contribution in [2.75, 3.05) is 21.3 Å². The molecule has 0 N–H and O–H groups in total. The predicted molar refractivity (Wildman–Crippen MR) is 115 cm³/mol. The lowest BCUT2D eigenvalue weighted by molar-refractivity contribution is 0.0867. The summed E-state index contributed by atoms with van der Waals surface area (Å²) in [6.45, 7) is 0. The summed E-state index contributed by atoms with van der Waals surface area (Å²) < 4.78 is 39.7. The summed E-state index contributed by atoms with van der Waals surface area (Å²) in [6.07, 6.45) is 9.52. The first-order valence-electron chi connectivity index (χ1n) is 9.77. The van der Waals surface area contributed by atoms with E-state index in [4.69, 9.17) is 9.47 Å². The molecule has 2 aliphatic carbocycles. The molecule has 3 unspecified atom stereocenters. The van der Waals surface area contributed by atoms with Gasteiger partial charge in [-0.15, -0.1) is 0 Å². The fourth-order valence-corrected chi connectivity index (χ4v) is 6.31. The average Bonchev–Trinajstić information content (AvgIpc) is 3.18. The molecule has 29 heavy (non-hydrogen) atoms. The van der Waals surface area contributed by atoms with E-state index in [1.807, 2.05) is 18.4 Å². The van der Waals surface area contributed by atoms with Crippen molar-refractivity contribution in [3.05, 3.63) is 53.1 Å². The molecule has 7 heteroatoms. The Hall–Kier alpha value is -2.38. The molecule has 0 saturated heterocycles. The number of aliphatic imine (C=N–C) groups is 1. The van der Waals surface area contributed by atoms with Gasteiger partial charge in [0.2, 0.25) is 0 Å². The summed E-state index contributed by atoms with van der Waals surface area (Å²) in [5, 5.41) is 0.776. The molecule has 1 saturated carbocycles. The number of fused-ring (bicyclic) bond motifs is 2. The van der Waals surface area contributed by atoms with Crippen LogP contribution in [0.2, 0.25) is 0 Å². The van der Waals surface area contributed by atoms with Crippen LogP contribution in [0.3, 0.4) is 0 Å². The Morgan fingerprint density at radius 3 is 2.79 bits per heavy atom. The van der Waals surface area contributed by atoms with E-state index in [0.717, 1.165) is 30.2 Å². The van der Waals surface area contributed by atoms with E-state index in [1.165, 1.54) is 3.97 Å². The zero-order valence-electron chi connectivity index (χ0n) is 16.9. The molecule has 6 nitrogen and oxygen atoms in total. The second-order valence-corrected chi connectivity index (χ2v) is 9.29. The second kappa shape index (κ2) is 7.80.